The molecule has 0 N–H and O–H groups in total. The number of hydrogen-bond acceptors (Lipinski definition) is 7. The summed E-state index contributed by atoms with van der Waals surface area (Å²) >= 11 is 7.12. The summed E-state index contributed by atoms with van der Waals surface area (Å²) in [6.07, 6.45) is 1.38. The maximum Gasteiger partial charge on any atom is 0.231 e. The molecule has 0 saturated heterocycles. The first-order valence-electron chi connectivity index (χ1n) is 6.41. The number of halogens is 1. The molecule has 0 amide bonds. The highest BCUT2D eigenvalue weighted by Gasteiger charge is 2.08. The van der Waals surface area contributed by atoms with Crippen molar-refractivity contribution in [1.82, 2.24) is 4.98 Å². The van der Waals surface area contributed by atoms with Crippen molar-refractivity contribution in [2.45, 2.75) is 0 Å². The van der Waals surface area contributed by atoms with Gasteiger partial charge in [0, 0.05) is 19.8 Å². The van der Waals surface area contributed by atoms with Crippen LogP contribution in [0.2, 0.25) is 5.15 Å². The molecule has 1 aromatic carbocycles. The van der Waals surface area contributed by atoms with Crippen LogP contribution >= 0.6 is 22.9 Å². The lowest BCUT2D eigenvalue weighted by atomic mass is 10.3. The molecule has 0 aliphatic heterocycles. The summed E-state index contributed by atoms with van der Waals surface area (Å²) in [4.78, 5) is 6.53. The number of allylic oxidation sites excluding steroid dienone is 1. The third-order valence-corrected chi connectivity index (χ3v) is 4.02. The summed E-state index contributed by atoms with van der Waals surface area (Å²) in [5.74, 6) is 0. The predicted octanol–water partition coefficient (Wildman–Crippen LogP) is 4.71. The highest BCUT2D eigenvalue weighted by Crippen LogP contribution is 2.32. The molecule has 23 heavy (non-hydrogen) atoms. The van der Waals surface area contributed by atoms with Crippen LogP contribution in [0.15, 0.2) is 40.1 Å². The minimum atomic E-state index is -0.0432. The van der Waals surface area contributed by atoms with E-state index < -0.39 is 0 Å². The van der Waals surface area contributed by atoms with Gasteiger partial charge in [-0.05, 0) is 30.3 Å². The molecule has 0 spiro atoms. The van der Waals surface area contributed by atoms with E-state index in [0.29, 0.717) is 15.7 Å². The molecular weight excluding hydrogens is 332 g/mol. The Bertz CT molecular complexity index is 820. The fourth-order valence-electron chi connectivity index (χ4n) is 1.57. The van der Waals surface area contributed by atoms with Crippen LogP contribution in [0.25, 0.3) is 6.08 Å². The molecule has 0 aliphatic carbocycles. The molecule has 0 atom stereocenters. The van der Waals surface area contributed by atoms with Crippen molar-refractivity contribution in [2.24, 2.45) is 10.2 Å². The maximum absolute atomic E-state index is 8.75. The molecule has 0 saturated carbocycles. The third-order valence-electron chi connectivity index (χ3n) is 2.73. The van der Waals surface area contributed by atoms with Crippen LogP contribution in [0.5, 0.6) is 0 Å². The van der Waals surface area contributed by atoms with Gasteiger partial charge in [0.2, 0.25) is 5.13 Å². The molecule has 1 heterocycles. The Morgan fingerprint density at radius 2 is 1.87 bits per heavy atom. The van der Waals surface area contributed by atoms with Gasteiger partial charge < -0.3 is 4.90 Å². The summed E-state index contributed by atoms with van der Waals surface area (Å²) in [5, 5.41) is 26.2. The number of anilines is 1. The summed E-state index contributed by atoms with van der Waals surface area (Å²) in [6.45, 7) is 0. The highest BCUT2D eigenvalue weighted by molar-refractivity contribution is 7.16. The zero-order valence-corrected chi connectivity index (χ0v) is 13.9. The van der Waals surface area contributed by atoms with Gasteiger partial charge in [0.25, 0.3) is 0 Å². The second-order valence-corrected chi connectivity index (χ2v) is 5.91. The Labute approximate surface area is 142 Å². The molecule has 2 aromatic rings. The van der Waals surface area contributed by atoms with Gasteiger partial charge in [0.15, 0.2) is 0 Å². The SMILES string of the molecule is CN(C)c1ccc(N=Nc2nc(Cl)c(C=C(C#N)C#N)s2)cc1. The summed E-state index contributed by atoms with van der Waals surface area (Å²) in [7, 11) is 3.92. The first kappa shape index (κ1) is 16.6. The number of aromatic nitrogens is 1. The molecule has 0 bridgehead atoms. The Kier molecular flexibility index (Phi) is 5.42. The van der Waals surface area contributed by atoms with Crippen LogP contribution in [0.4, 0.5) is 16.5 Å². The van der Waals surface area contributed by atoms with Crippen LogP contribution in [0, 0.1) is 22.7 Å². The number of nitrogens with zero attached hydrogens (tertiary/aromatic N) is 6. The Hall–Kier alpha value is -2.74. The van der Waals surface area contributed by atoms with Crippen LogP contribution in [0.3, 0.4) is 0 Å². The van der Waals surface area contributed by atoms with E-state index in [1.807, 2.05) is 43.3 Å². The monoisotopic (exact) mass is 342 g/mol. The average molecular weight is 343 g/mol. The Morgan fingerprint density at radius 1 is 1.22 bits per heavy atom. The second-order valence-electron chi connectivity index (χ2n) is 4.54. The zero-order chi connectivity index (χ0) is 16.8. The van der Waals surface area contributed by atoms with Crippen LogP contribution < -0.4 is 4.90 Å². The lowest BCUT2D eigenvalue weighted by Crippen LogP contribution is -2.07. The lowest BCUT2D eigenvalue weighted by molar-refractivity contribution is 1.13. The fourth-order valence-corrected chi connectivity index (χ4v) is 2.60. The number of benzene rings is 1. The Morgan fingerprint density at radius 3 is 2.43 bits per heavy atom. The summed E-state index contributed by atoms with van der Waals surface area (Å²) < 4.78 is 0. The number of azo groups is 1. The standard InChI is InChI=1S/C15H11ClN6S/c1-22(2)12-5-3-11(4-6-12)20-21-15-19-14(16)13(23-15)7-10(8-17)9-18/h3-7H,1-2H3. The van der Waals surface area contributed by atoms with Gasteiger partial charge in [-0.2, -0.15) is 10.5 Å². The quantitative estimate of drug-likeness (QED) is 0.594. The van der Waals surface area contributed by atoms with E-state index in [0.717, 1.165) is 17.0 Å². The topological polar surface area (TPSA) is 88.4 Å². The Balaban J connectivity index is 2.20. The van der Waals surface area contributed by atoms with Gasteiger partial charge in [-0.1, -0.05) is 22.9 Å². The normalized spacial score (nSPS) is 10.1. The molecule has 2 rings (SSSR count). The van der Waals surface area contributed by atoms with Gasteiger partial charge in [-0.25, -0.2) is 4.98 Å². The summed E-state index contributed by atoms with van der Waals surface area (Å²) in [5.41, 5.74) is 1.71. The van der Waals surface area contributed by atoms with Crippen molar-refractivity contribution >= 4 is 45.5 Å². The van der Waals surface area contributed by atoms with Gasteiger partial charge in [-0.15, -0.1) is 10.2 Å². The maximum atomic E-state index is 8.75. The van der Waals surface area contributed by atoms with Crippen molar-refractivity contribution in [2.75, 3.05) is 19.0 Å². The first-order valence-corrected chi connectivity index (χ1v) is 7.60. The number of rotatable bonds is 4. The van der Waals surface area contributed by atoms with E-state index in [9.17, 15) is 0 Å². The molecule has 0 unspecified atom stereocenters. The highest BCUT2D eigenvalue weighted by atomic mass is 35.5. The lowest BCUT2D eigenvalue weighted by Gasteiger charge is -2.11. The number of nitriles is 2. The van der Waals surface area contributed by atoms with E-state index >= 15 is 0 Å². The molecule has 6 nitrogen and oxygen atoms in total. The number of hydrogen-bond donors (Lipinski definition) is 0. The van der Waals surface area contributed by atoms with Crippen LogP contribution in [0.1, 0.15) is 4.88 Å². The second kappa shape index (κ2) is 7.50. The van der Waals surface area contributed by atoms with Crippen molar-refractivity contribution < 1.29 is 0 Å². The average Bonchev–Trinajstić information content (AvgIpc) is 2.90. The van der Waals surface area contributed by atoms with Gasteiger partial charge in [0.05, 0.1) is 10.6 Å². The van der Waals surface area contributed by atoms with E-state index in [1.54, 1.807) is 12.1 Å². The predicted molar refractivity (Wildman–Crippen MR) is 91.3 cm³/mol. The molecular formula is C15H11ClN6S. The smallest absolute Gasteiger partial charge is 0.231 e. The molecule has 0 radical (unpaired) electrons. The largest absolute Gasteiger partial charge is 0.378 e. The van der Waals surface area contributed by atoms with Crippen molar-refractivity contribution in [3.8, 4) is 12.1 Å². The third kappa shape index (κ3) is 4.36. The fraction of sp³-hybridized carbons (Fsp3) is 0.133. The van der Waals surface area contributed by atoms with E-state index in [-0.39, 0.29) is 10.7 Å². The van der Waals surface area contributed by atoms with Gasteiger partial charge in [-0.3, -0.25) is 0 Å². The van der Waals surface area contributed by atoms with E-state index in [1.165, 1.54) is 6.08 Å². The minimum absolute atomic E-state index is 0.0432. The molecule has 1 aromatic heterocycles. The molecule has 0 aliphatic rings. The van der Waals surface area contributed by atoms with E-state index in [4.69, 9.17) is 22.1 Å². The van der Waals surface area contributed by atoms with Crippen molar-refractivity contribution in [3.63, 3.8) is 0 Å². The minimum Gasteiger partial charge on any atom is -0.378 e. The molecule has 0 fully saturated rings. The van der Waals surface area contributed by atoms with Crippen molar-refractivity contribution in [1.29, 1.82) is 10.5 Å². The van der Waals surface area contributed by atoms with Crippen LogP contribution in [-0.2, 0) is 0 Å². The first-order chi connectivity index (χ1) is 11.0. The zero-order valence-electron chi connectivity index (χ0n) is 12.4. The van der Waals surface area contributed by atoms with E-state index in [2.05, 4.69) is 15.2 Å². The molecule has 8 heteroatoms. The summed E-state index contributed by atoms with van der Waals surface area (Å²) in [6, 6.07) is 11.1. The van der Waals surface area contributed by atoms with Crippen LogP contribution in [-0.4, -0.2) is 19.1 Å². The van der Waals surface area contributed by atoms with Gasteiger partial charge in [0.1, 0.15) is 22.9 Å². The molecule has 114 valence electrons. The van der Waals surface area contributed by atoms with Gasteiger partial charge >= 0.3 is 0 Å². The van der Waals surface area contributed by atoms with Crippen molar-refractivity contribution in [3.05, 3.63) is 39.9 Å². The number of thiazole rings is 1.